The number of halogens is 1. The molecule has 1 N–H and O–H groups in total. The van der Waals surface area contributed by atoms with Gasteiger partial charge in [-0.25, -0.2) is 4.98 Å². The minimum Gasteiger partial charge on any atom is -0.449 e. The maximum atomic E-state index is 12.5. The number of anilines is 1. The van der Waals surface area contributed by atoms with Gasteiger partial charge in [-0.15, -0.1) is 0 Å². The van der Waals surface area contributed by atoms with Gasteiger partial charge in [-0.3, -0.25) is 4.79 Å². The molecule has 7 heteroatoms. The molecule has 1 aromatic carbocycles. The molecule has 0 saturated carbocycles. The van der Waals surface area contributed by atoms with Crippen molar-refractivity contribution in [3.63, 3.8) is 0 Å². The van der Waals surface area contributed by atoms with Crippen molar-refractivity contribution in [2.24, 2.45) is 0 Å². The quantitative estimate of drug-likeness (QED) is 0.462. The van der Waals surface area contributed by atoms with Crippen LogP contribution in [0.2, 0.25) is 5.15 Å². The molecule has 0 aliphatic carbocycles. The summed E-state index contributed by atoms with van der Waals surface area (Å²) in [6.45, 7) is 5.89. The monoisotopic (exact) mass is 399 g/mol. The summed E-state index contributed by atoms with van der Waals surface area (Å²) >= 11 is 7.36. The average molecular weight is 400 g/mol. The summed E-state index contributed by atoms with van der Waals surface area (Å²) in [5, 5.41) is 14.0. The molecule has 27 heavy (non-hydrogen) atoms. The molecule has 0 fully saturated rings. The number of aryl methyl sites for hydroxylation is 1. The zero-order valence-electron chi connectivity index (χ0n) is 15.2. The van der Waals surface area contributed by atoms with Gasteiger partial charge in [-0.1, -0.05) is 36.4 Å². The lowest BCUT2D eigenvalue weighted by atomic mass is 10.0. The van der Waals surface area contributed by atoms with Gasteiger partial charge in [0.2, 0.25) is 0 Å². The Bertz CT molecular complexity index is 1100. The number of thioether (sulfide) groups is 1. The Morgan fingerprint density at radius 3 is 2.85 bits per heavy atom. The van der Waals surface area contributed by atoms with E-state index in [2.05, 4.69) is 10.3 Å². The van der Waals surface area contributed by atoms with Gasteiger partial charge in [0.15, 0.2) is 16.2 Å². The first kappa shape index (κ1) is 19.3. The third kappa shape index (κ3) is 4.10. The summed E-state index contributed by atoms with van der Waals surface area (Å²) in [5.41, 5.74) is 3.10. The number of benzene rings is 1. The predicted octanol–water partition coefficient (Wildman–Crippen LogP) is 5.31. The Balaban J connectivity index is 2.10. The molecule has 0 aliphatic heterocycles. The van der Waals surface area contributed by atoms with Crippen molar-refractivity contribution in [2.75, 3.05) is 11.1 Å². The molecular formula is C20H18ClN3O2S. The highest BCUT2D eigenvalue weighted by Gasteiger charge is 2.17. The lowest BCUT2D eigenvalue weighted by Crippen LogP contribution is -2.11. The van der Waals surface area contributed by atoms with Crippen molar-refractivity contribution < 1.29 is 4.42 Å². The molecule has 0 unspecified atom stereocenters. The molecular weight excluding hydrogens is 382 g/mol. The highest BCUT2D eigenvalue weighted by atomic mass is 35.5. The van der Waals surface area contributed by atoms with Gasteiger partial charge in [-0.05, 0) is 43.4 Å². The highest BCUT2D eigenvalue weighted by Crippen LogP contribution is 2.30. The number of fused-ring (bicyclic) bond motifs is 1. The standard InChI is InChI=1S/C20H18ClN3O2S/c1-4-27-19-9-17(25)14-8-11(2)7-13(20(14)26-19)12(3)23-15-5-6-18(21)24-16(15)10-22/h5-9,12,23H,4H2,1-3H3/t12-/m1/s1. The summed E-state index contributed by atoms with van der Waals surface area (Å²) in [7, 11) is 0. The number of hydrogen-bond donors (Lipinski definition) is 1. The minimum atomic E-state index is -0.215. The highest BCUT2D eigenvalue weighted by molar-refractivity contribution is 7.99. The van der Waals surface area contributed by atoms with Crippen LogP contribution in [0, 0.1) is 18.3 Å². The maximum Gasteiger partial charge on any atom is 0.193 e. The average Bonchev–Trinajstić information content (AvgIpc) is 2.63. The van der Waals surface area contributed by atoms with Gasteiger partial charge in [0.05, 0.1) is 17.1 Å². The maximum absolute atomic E-state index is 12.5. The fourth-order valence-electron chi connectivity index (χ4n) is 2.90. The lowest BCUT2D eigenvalue weighted by molar-refractivity contribution is 0.495. The topological polar surface area (TPSA) is 78.9 Å². The van der Waals surface area contributed by atoms with E-state index < -0.39 is 0 Å². The van der Waals surface area contributed by atoms with Crippen molar-refractivity contribution in [3.05, 3.63) is 62.5 Å². The molecule has 2 aromatic heterocycles. The van der Waals surface area contributed by atoms with Gasteiger partial charge >= 0.3 is 0 Å². The van der Waals surface area contributed by atoms with Crippen LogP contribution in [-0.4, -0.2) is 10.7 Å². The summed E-state index contributed by atoms with van der Waals surface area (Å²) in [4.78, 5) is 16.6. The van der Waals surface area contributed by atoms with E-state index in [1.165, 1.54) is 17.8 Å². The van der Waals surface area contributed by atoms with Gasteiger partial charge in [-0.2, -0.15) is 5.26 Å². The zero-order chi connectivity index (χ0) is 19.6. The lowest BCUT2D eigenvalue weighted by Gasteiger charge is -2.18. The molecule has 0 aliphatic rings. The van der Waals surface area contributed by atoms with E-state index in [1.54, 1.807) is 12.1 Å². The number of rotatable bonds is 5. The van der Waals surface area contributed by atoms with E-state index in [0.29, 0.717) is 21.7 Å². The Morgan fingerprint density at radius 1 is 1.37 bits per heavy atom. The smallest absolute Gasteiger partial charge is 0.193 e. The van der Waals surface area contributed by atoms with Crippen molar-refractivity contribution in [3.8, 4) is 6.07 Å². The van der Waals surface area contributed by atoms with E-state index in [4.69, 9.17) is 16.0 Å². The van der Waals surface area contributed by atoms with Crippen LogP contribution in [0.4, 0.5) is 5.69 Å². The van der Waals surface area contributed by atoms with Gasteiger partial charge < -0.3 is 9.73 Å². The SMILES string of the molecule is CCSc1cc(=O)c2cc(C)cc([C@@H](C)Nc3ccc(Cl)nc3C#N)c2o1. The van der Waals surface area contributed by atoms with E-state index in [1.807, 2.05) is 39.0 Å². The molecule has 0 saturated heterocycles. The molecule has 0 amide bonds. The summed E-state index contributed by atoms with van der Waals surface area (Å²) in [5.74, 6) is 0.811. The Labute approximate surface area is 166 Å². The number of aromatic nitrogens is 1. The Hall–Kier alpha value is -2.49. The normalized spacial score (nSPS) is 12.0. The zero-order valence-corrected chi connectivity index (χ0v) is 16.7. The number of nitrogens with zero attached hydrogens (tertiary/aromatic N) is 2. The second-order valence-electron chi connectivity index (χ2n) is 6.10. The molecule has 0 spiro atoms. The molecule has 1 atom stereocenters. The number of hydrogen-bond acceptors (Lipinski definition) is 6. The van der Waals surface area contributed by atoms with E-state index >= 15 is 0 Å². The molecule has 138 valence electrons. The van der Waals surface area contributed by atoms with E-state index in [-0.39, 0.29) is 22.3 Å². The number of pyridine rings is 1. The van der Waals surface area contributed by atoms with Crippen molar-refractivity contribution in [1.29, 1.82) is 5.26 Å². The van der Waals surface area contributed by atoms with Crippen LogP contribution in [0.1, 0.15) is 36.7 Å². The predicted molar refractivity (Wildman–Crippen MR) is 110 cm³/mol. The van der Waals surface area contributed by atoms with E-state index in [9.17, 15) is 10.1 Å². The fourth-order valence-corrected chi connectivity index (χ4v) is 3.66. The van der Waals surface area contributed by atoms with Crippen molar-refractivity contribution >= 4 is 40.0 Å². The van der Waals surface area contributed by atoms with Crippen LogP contribution in [0.25, 0.3) is 11.0 Å². The van der Waals surface area contributed by atoms with Gasteiger partial charge in [0, 0.05) is 11.6 Å². The van der Waals surface area contributed by atoms with Crippen LogP contribution >= 0.6 is 23.4 Å². The molecule has 2 heterocycles. The fraction of sp³-hybridized carbons (Fsp3) is 0.250. The van der Waals surface area contributed by atoms with Crippen LogP contribution in [-0.2, 0) is 0 Å². The molecule has 3 rings (SSSR count). The summed E-state index contributed by atoms with van der Waals surface area (Å²) in [6, 6.07) is 10.5. The summed E-state index contributed by atoms with van der Waals surface area (Å²) < 4.78 is 6.02. The molecule has 0 radical (unpaired) electrons. The van der Waals surface area contributed by atoms with Crippen molar-refractivity contribution in [1.82, 2.24) is 4.98 Å². The third-order valence-electron chi connectivity index (χ3n) is 4.07. The summed E-state index contributed by atoms with van der Waals surface area (Å²) in [6.07, 6.45) is 0. The molecule has 0 bridgehead atoms. The van der Waals surface area contributed by atoms with Crippen molar-refractivity contribution in [2.45, 2.75) is 31.9 Å². The van der Waals surface area contributed by atoms with Crippen LogP contribution in [0.5, 0.6) is 0 Å². The second-order valence-corrected chi connectivity index (χ2v) is 7.76. The largest absolute Gasteiger partial charge is 0.449 e. The number of nitrogens with one attached hydrogen (secondary N) is 1. The molecule has 5 nitrogen and oxygen atoms in total. The second kappa shape index (κ2) is 8.03. The molecule has 3 aromatic rings. The van der Waals surface area contributed by atoms with Gasteiger partial charge in [0.25, 0.3) is 0 Å². The van der Waals surface area contributed by atoms with Crippen LogP contribution < -0.4 is 10.7 Å². The van der Waals surface area contributed by atoms with Crippen LogP contribution in [0.15, 0.2) is 44.6 Å². The minimum absolute atomic E-state index is 0.0600. The Kier molecular flexibility index (Phi) is 5.73. The first-order chi connectivity index (χ1) is 12.9. The van der Waals surface area contributed by atoms with Gasteiger partial charge in [0.1, 0.15) is 16.8 Å². The van der Waals surface area contributed by atoms with E-state index in [0.717, 1.165) is 16.9 Å². The first-order valence-electron chi connectivity index (χ1n) is 8.47. The first-order valence-corrected chi connectivity index (χ1v) is 9.83. The third-order valence-corrected chi connectivity index (χ3v) is 5.06. The number of nitriles is 1. The van der Waals surface area contributed by atoms with Crippen LogP contribution in [0.3, 0.4) is 0 Å². The Morgan fingerprint density at radius 2 is 2.15 bits per heavy atom.